The van der Waals surface area contributed by atoms with E-state index in [0.717, 1.165) is 23.8 Å². The third-order valence-corrected chi connectivity index (χ3v) is 5.08. The quantitative estimate of drug-likeness (QED) is 0.240. The third kappa shape index (κ3) is 9.45. The first kappa shape index (κ1) is 30.3. The highest BCUT2D eigenvalue weighted by molar-refractivity contribution is 5.94. The summed E-state index contributed by atoms with van der Waals surface area (Å²) in [6, 6.07) is 15.8. The maximum Gasteiger partial charge on any atom is 0.573 e. The van der Waals surface area contributed by atoms with Crippen LogP contribution in [0.4, 0.5) is 26.7 Å². The summed E-state index contributed by atoms with van der Waals surface area (Å²) in [7, 11) is 0. The van der Waals surface area contributed by atoms with Gasteiger partial charge in [-0.1, -0.05) is 36.4 Å². The van der Waals surface area contributed by atoms with Gasteiger partial charge in [-0.25, -0.2) is 18.6 Å². The molecule has 4 N–H and O–H groups in total. The highest BCUT2D eigenvalue weighted by Gasteiger charge is 2.33. The van der Waals surface area contributed by atoms with Crippen LogP contribution in [0.25, 0.3) is 0 Å². The van der Waals surface area contributed by atoms with E-state index in [1.807, 2.05) is 30.3 Å². The highest BCUT2D eigenvalue weighted by Crippen LogP contribution is 2.30. The highest BCUT2D eigenvalue weighted by atomic mass is 19.4. The van der Waals surface area contributed by atoms with Gasteiger partial charge in [-0.2, -0.15) is 0 Å². The fourth-order valence-corrected chi connectivity index (χ4v) is 3.37. The molecule has 41 heavy (non-hydrogen) atoms. The molecule has 2 aromatic heterocycles. The van der Waals surface area contributed by atoms with Crippen molar-refractivity contribution in [3.8, 4) is 11.6 Å². The Morgan fingerprint density at radius 2 is 1.66 bits per heavy atom. The predicted octanol–water partition coefficient (Wildman–Crippen LogP) is 5.37. The van der Waals surface area contributed by atoms with Crippen LogP contribution in [0.1, 0.15) is 33.2 Å². The lowest BCUT2D eigenvalue weighted by Gasteiger charge is -2.20. The van der Waals surface area contributed by atoms with Gasteiger partial charge in [0, 0.05) is 18.5 Å². The van der Waals surface area contributed by atoms with Crippen molar-refractivity contribution >= 4 is 12.0 Å². The zero-order chi connectivity index (χ0) is 30.0. The fraction of sp³-hybridized carbons (Fsp3) is 0.111. The number of carbonyl (C=O) groups is 2. The number of rotatable bonds is 8. The fourth-order valence-electron chi connectivity index (χ4n) is 3.37. The molecular formula is C27H21F5N4O5. The van der Waals surface area contributed by atoms with Crippen molar-refractivity contribution < 1.29 is 46.1 Å². The number of hydrogen-bond donors (Lipinski definition) is 3. The number of alkyl halides is 3. The van der Waals surface area contributed by atoms with Crippen molar-refractivity contribution in [1.29, 1.82) is 0 Å². The van der Waals surface area contributed by atoms with E-state index >= 15 is 0 Å². The molecule has 0 bridgehead atoms. The van der Waals surface area contributed by atoms with Gasteiger partial charge in [0.05, 0.1) is 11.6 Å². The average Bonchev–Trinajstić information content (AvgIpc) is 2.92. The summed E-state index contributed by atoms with van der Waals surface area (Å²) in [5.74, 6) is -3.69. The summed E-state index contributed by atoms with van der Waals surface area (Å²) in [5, 5.41) is 9.72. The molecule has 0 aliphatic rings. The number of aromatic nitrogens is 2. The Morgan fingerprint density at radius 3 is 2.24 bits per heavy atom. The molecule has 1 unspecified atom stereocenters. The van der Waals surface area contributed by atoms with Gasteiger partial charge >= 0.3 is 12.5 Å². The Kier molecular flexibility index (Phi) is 10.1. The molecule has 4 aromatic rings. The molecule has 9 nitrogen and oxygen atoms in total. The van der Waals surface area contributed by atoms with Crippen molar-refractivity contribution in [2.75, 3.05) is 0 Å². The van der Waals surface area contributed by atoms with Crippen LogP contribution >= 0.6 is 0 Å². The van der Waals surface area contributed by atoms with Crippen molar-refractivity contribution in [3.63, 3.8) is 0 Å². The zero-order valence-electron chi connectivity index (χ0n) is 20.8. The lowest BCUT2D eigenvalue weighted by Crippen LogP contribution is -2.31. The molecule has 0 aliphatic heterocycles. The lowest BCUT2D eigenvalue weighted by molar-refractivity contribution is -0.275. The molecular weight excluding hydrogens is 555 g/mol. The van der Waals surface area contributed by atoms with E-state index in [1.54, 1.807) is 0 Å². The van der Waals surface area contributed by atoms with E-state index in [2.05, 4.69) is 25.8 Å². The molecule has 2 heterocycles. The maximum absolute atomic E-state index is 14.5. The number of carbonyl (C=O) groups excluding carboxylic acids is 1. The topological polar surface area (TPSA) is 137 Å². The van der Waals surface area contributed by atoms with Crippen molar-refractivity contribution in [2.24, 2.45) is 5.73 Å². The molecule has 1 atom stereocenters. The standard InChI is InChI=1S/C26H18F5N3O3.CH3NO2/c27-19-7-4-12-32-24(19)23(17-8-10-21(20(28)13-17)37-26(29,30)31)34-25(35)18-9-11-22(33-14-18)36-15-16-5-2-1-3-6-16;2-1(3)4/h1-14,23H,15H2,(H,34,35);2H2,(H,3,4). The van der Waals surface area contributed by atoms with Gasteiger partial charge in [0.15, 0.2) is 11.6 Å². The molecule has 0 radical (unpaired) electrons. The number of nitrogens with one attached hydrogen (secondary N) is 1. The van der Waals surface area contributed by atoms with Gasteiger partial charge < -0.3 is 25.6 Å². The maximum atomic E-state index is 14.5. The Morgan fingerprint density at radius 1 is 0.951 bits per heavy atom. The predicted molar refractivity (Wildman–Crippen MR) is 134 cm³/mol. The Labute approximate surface area is 229 Å². The number of pyridine rings is 2. The van der Waals surface area contributed by atoms with Crippen LogP contribution in [0.5, 0.6) is 11.6 Å². The van der Waals surface area contributed by atoms with Gasteiger partial charge in [-0.15, -0.1) is 13.2 Å². The van der Waals surface area contributed by atoms with Gasteiger partial charge in [0.2, 0.25) is 5.88 Å². The number of amides is 2. The summed E-state index contributed by atoms with van der Waals surface area (Å²) in [6.07, 6.45) is -3.94. The number of primary amides is 1. The number of nitrogens with zero attached hydrogens (tertiary/aromatic N) is 2. The second-order valence-electron chi connectivity index (χ2n) is 8.01. The minimum Gasteiger partial charge on any atom is -0.473 e. The third-order valence-electron chi connectivity index (χ3n) is 5.08. The minimum atomic E-state index is -5.10. The molecule has 2 aromatic carbocycles. The van der Waals surface area contributed by atoms with E-state index in [9.17, 15) is 26.7 Å². The average molecular weight is 576 g/mol. The van der Waals surface area contributed by atoms with Crippen LogP contribution in [0.2, 0.25) is 0 Å². The number of carboxylic acid groups (broad SMARTS) is 1. The van der Waals surface area contributed by atoms with Crippen molar-refractivity contribution in [2.45, 2.75) is 19.0 Å². The summed E-state index contributed by atoms with van der Waals surface area (Å²) >= 11 is 0. The van der Waals surface area contributed by atoms with Crippen LogP contribution in [0.3, 0.4) is 0 Å². The van der Waals surface area contributed by atoms with E-state index in [0.29, 0.717) is 6.07 Å². The molecule has 14 heteroatoms. The van der Waals surface area contributed by atoms with E-state index in [-0.39, 0.29) is 29.3 Å². The summed E-state index contributed by atoms with van der Waals surface area (Å²) in [6.45, 7) is 0.264. The van der Waals surface area contributed by atoms with Crippen molar-refractivity contribution in [1.82, 2.24) is 15.3 Å². The normalized spacial score (nSPS) is 11.4. The van der Waals surface area contributed by atoms with Crippen LogP contribution in [-0.4, -0.2) is 33.4 Å². The van der Waals surface area contributed by atoms with E-state index < -0.39 is 41.8 Å². The van der Waals surface area contributed by atoms with Gasteiger partial charge in [-0.05, 0) is 41.5 Å². The molecule has 2 amide bonds. The summed E-state index contributed by atoms with van der Waals surface area (Å²) in [5.41, 5.74) is 4.69. The van der Waals surface area contributed by atoms with Gasteiger partial charge in [0.25, 0.3) is 5.91 Å². The molecule has 214 valence electrons. The molecule has 0 fully saturated rings. The molecule has 4 rings (SSSR count). The first-order chi connectivity index (χ1) is 19.4. The Balaban J connectivity index is 0.00000108. The van der Waals surface area contributed by atoms with E-state index in [4.69, 9.17) is 14.6 Å². The largest absolute Gasteiger partial charge is 0.573 e. The monoisotopic (exact) mass is 576 g/mol. The summed E-state index contributed by atoms with van der Waals surface area (Å²) < 4.78 is 75.7. The first-order valence-electron chi connectivity index (χ1n) is 11.5. The number of nitrogens with two attached hydrogens (primary N) is 1. The molecule has 0 saturated carbocycles. The molecule has 0 spiro atoms. The van der Waals surface area contributed by atoms with Gasteiger partial charge in [-0.3, -0.25) is 9.78 Å². The second-order valence-corrected chi connectivity index (χ2v) is 8.01. The number of benzene rings is 2. The number of halogens is 5. The van der Waals surface area contributed by atoms with Crippen LogP contribution in [0.15, 0.2) is 85.2 Å². The second kappa shape index (κ2) is 13.7. The smallest absolute Gasteiger partial charge is 0.473 e. The minimum absolute atomic E-state index is 0.0613. The molecule has 0 saturated heterocycles. The Bertz CT molecular complexity index is 1470. The van der Waals surface area contributed by atoms with Crippen molar-refractivity contribution in [3.05, 3.63) is 119 Å². The first-order valence-corrected chi connectivity index (χ1v) is 11.5. The zero-order valence-corrected chi connectivity index (χ0v) is 20.8. The molecule has 0 aliphatic carbocycles. The van der Waals surface area contributed by atoms with Crippen LogP contribution in [-0.2, 0) is 6.61 Å². The number of ether oxygens (including phenoxy) is 2. The van der Waals surface area contributed by atoms with Crippen LogP contribution < -0.4 is 20.5 Å². The Hall–Kier alpha value is -5.27. The lowest BCUT2D eigenvalue weighted by atomic mass is 10.0. The number of hydrogen-bond acceptors (Lipinski definition) is 6. The van der Waals surface area contributed by atoms with Crippen LogP contribution in [0, 0.1) is 11.6 Å². The SMILES string of the molecule is NC(=O)O.O=C(NC(c1ccc(OC(F)(F)F)c(F)c1)c1ncccc1F)c1ccc(OCc2ccccc2)nc1. The summed E-state index contributed by atoms with van der Waals surface area (Å²) in [4.78, 5) is 29.7. The van der Waals surface area contributed by atoms with Gasteiger partial charge in [0.1, 0.15) is 18.1 Å². The van der Waals surface area contributed by atoms with E-state index in [1.165, 1.54) is 30.6 Å².